The Labute approximate surface area is 63.2 Å². The van der Waals surface area contributed by atoms with Crippen LogP contribution in [0.4, 0.5) is 0 Å². The molecule has 0 aliphatic heterocycles. The Morgan fingerprint density at radius 1 is 1.50 bits per heavy atom. The smallest absolute Gasteiger partial charge is 0.0559 e. The summed E-state index contributed by atoms with van der Waals surface area (Å²) in [6.07, 6.45) is 1.28. The van der Waals surface area contributed by atoms with E-state index in [-0.39, 0.29) is 6.10 Å². The number of hydrogen-bond donors (Lipinski definition) is 1. The molecule has 1 N–H and O–H groups in total. The van der Waals surface area contributed by atoms with Crippen molar-refractivity contribution in [1.29, 1.82) is 0 Å². The molecule has 0 amide bonds. The van der Waals surface area contributed by atoms with E-state index in [0.29, 0.717) is 12.3 Å². The van der Waals surface area contributed by atoms with Gasteiger partial charge < -0.3 is 5.11 Å². The number of aliphatic hydroxyl groups is 1. The second kappa shape index (κ2) is 5.86. The molecule has 0 aliphatic carbocycles. The summed E-state index contributed by atoms with van der Waals surface area (Å²) in [6.45, 7) is 0. The van der Waals surface area contributed by atoms with Gasteiger partial charge in [-0.1, -0.05) is 15.9 Å². The number of hydrogen-bond acceptors (Lipinski definition) is 1. The molecule has 8 heavy (non-hydrogen) atoms. The average molecular weight is 201 g/mol. The predicted octanol–water partition coefficient (Wildman–Crippen LogP) is 1.76. The third-order valence-corrected chi connectivity index (χ3v) is 1.56. The fourth-order valence-electron chi connectivity index (χ4n) is 0.396. The topological polar surface area (TPSA) is 20.2 Å². The molecular formula is C5H10BrClO. The minimum atomic E-state index is -0.216. The molecule has 3 heteroatoms. The van der Waals surface area contributed by atoms with Crippen LogP contribution in [0.5, 0.6) is 0 Å². The lowest BCUT2D eigenvalue weighted by molar-refractivity contribution is 0.169. The largest absolute Gasteiger partial charge is 0.393 e. The molecule has 0 spiro atoms. The lowest BCUT2D eigenvalue weighted by atomic mass is 10.2. The first-order valence-electron chi connectivity index (χ1n) is 2.61. The Balaban J connectivity index is 2.92. The maximum absolute atomic E-state index is 8.93. The molecule has 0 aliphatic rings. The lowest BCUT2D eigenvalue weighted by Crippen LogP contribution is -2.06. The van der Waals surface area contributed by atoms with Crippen LogP contribution >= 0.6 is 27.5 Å². The highest BCUT2D eigenvalue weighted by atomic mass is 79.9. The molecule has 0 heterocycles. The number of rotatable bonds is 4. The summed E-state index contributed by atoms with van der Waals surface area (Å²) in [5.41, 5.74) is 0. The Hall–Kier alpha value is 0.730. The van der Waals surface area contributed by atoms with E-state index in [0.717, 1.165) is 11.8 Å². The second-order valence-electron chi connectivity index (χ2n) is 1.61. The summed E-state index contributed by atoms with van der Waals surface area (Å²) >= 11 is 8.57. The zero-order chi connectivity index (χ0) is 6.41. The van der Waals surface area contributed by atoms with Gasteiger partial charge in [-0.25, -0.2) is 0 Å². The van der Waals surface area contributed by atoms with Crippen molar-refractivity contribution in [3.63, 3.8) is 0 Å². The van der Waals surface area contributed by atoms with E-state index in [1.165, 1.54) is 0 Å². The predicted molar refractivity (Wildman–Crippen MR) is 39.8 cm³/mol. The minimum absolute atomic E-state index is 0.216. The minimum Gasteiger partial charge on any atom is -0.393 e. The summed E-state index contributed by atoms with van der Waals surface area (Å²) in [4.78, 5) is 0. The summed E-state index contributed by atoms with van der Waals surface area (Å²) in [5.74, 6) is 0.550. The highest BCUT2D eigenvalue weighted by Gasteiger charge is 1.99. The summed E-state index contributed by atoms with van der Waals surface area (Å²) in [7, 11) is 0. The van der Waals surface area contributed by atoms with E-state index in [2.05, 4.69) is 15.9 Å². The van der Waals surface area contributed by atoms with Crippen LogP contribution in [0.3, 0.4) is 0 Å². The van der Waals surface area contributed by atoms with E-state index in [4.69, 9.17) is 16.7 Å². The summed E-state index contributed by atoms with van der Waals surface area (Å²) in [5, 5.41) is 9.79. The standard InChI is InChI=1S/C5H10BrClO/c6-3-1-5(8)2-4-7/h5,8H,1-4H2. The van der Waals surface area contributed by atoms with Gasteiger partial charge >= 0.3 is 0 Å². The molecule has 0 saturated carbocycles. The lowest BCUT2D eigenvalue weighted by Gasteiger charge is -2.03. The number of aliphatic hydroxyl groups excluding tert-OH is 1. The molecule has 0 rings (SSSR count). The van der Waals surface area contributed by atoms with Crippen LogP contribution in [0.25, 0.3) is 0 Å². The first-order chi connectivity index (χ1) is 3.81. The van der Waals surface area contributed by atoms with Crippen molar-refractivity contribution in [3.8, 4) is 0 Å². The van der Waals surface area contributed by atoms with Crippen molar-refractivity contribution >= 4 is 27.5 Å². The van der Waals surface area contributed by atoms with Crippen LogP contribution in [0.2, 0.25) is 0 Å². The molecular weight excluding hydrogens is 191 g/mol. The van der Waals surface area contributed by atoms with Crippen molar-refractivity contribution < 1.29 is 5.11 Å². The zero-order valence-electron chi connectivity index (χ0n) is 4.61. The van der Waals surface area contributed by atoms with Gasteiger partial charge in [-0.15, -0.1) is 11.6 Å². The van der Waals surface area contributed by atoms with E-state index in [1.807, 2.05) is 0 Å². The summed E-state index contributed by atoms with van der Waals surface area (Å²) < 4.78 is 0. The van der Waals surface area contributed by atoms with E-state index >= 15 is 0 Å². The van der Waals surface area contributed by atoms with Gasteiger partial charge in [0.1, 0.15) is 0 Å². The van der Waals surface area contributed by atoms with Crippen LogP contribution in [0.1, 0.15) is 12.8 Å². The van der Waals surface area contributed by atoms with Crippen LogP contribution in [0.15, 0.2) is 0 Å². The Kier molecular flexibility index (Phi) is 6.39. The number of alkyl halides is 2. The molecule has 1 atom stereocenters. The molecule has 0 aromatic carbocycles. The second-order valence-corrected chi connectivity index (χ2v) is 2.78. The molecule has 0 radical (unpaired) electrons. The normalized spacial score (nSPS) is 13.9. The molecule has 1 unspecified atom stereocenters. The third kappa shape index (κ3) is 4.88. The van der Waals surface area contributed by atoms with Crippen LogP contribution < -0.4 is 0 Å². The van der Waals surface area contributed by atoms with Crippen molar-refractivity contribution in [3.05, 3.63) is 0 Å². The van der Waals surface area contributed by atoms with Gasteiger partial charge in [0.05, 0.1) is 6.10 Å². The molecule has 0 saturated heterocycles. The average Bonchev–Trinajstić information content (AvgIpc) is 1.68. The summed E-state index contributed by atoms with van der Waals surface area (Å²) in [6, 6.07) is 0. The Bertz CT molecular complexity index is 45.7. The van der Waals surface area contributed by atoms with Crippen molar-refractivity contribution in [2.45, 2.75) is 18.9 Å². The monoisotopic (exact) mass is 200 g/mol. The Morgan fingerprint density at radius 2 is 2.12 bits per heavy atom. The van der Waals surface area contributed by atoms with Crippen molar-refractivity contribution in [2.75, 3.05) is 11.2 Å². The first-order valence-corrected chi connectivity index (χ1v) is 4.27. The molecule has 0 aromatic heterocycles. The number of halogens is 2. The molecule has 1 nitrogen and oxygen atoms in total. The van der Waals surface area contributed by atoms with Gasteiger partial charge in [0.15, 0.2) is 0 Å². The molecule has 0 bridgehead atoms. The maximum atomic E-state index is 8.93. The van der Waals surface area contributed by atoms with Crippen molar-refractivity contribution in [1.82, 2.24) is 0 Å². The first kappa shape index (κ1) is 8.73. The molecule has 0 fully saturated rings. The fourth-order valence-corrected chi connectivity index (χ4v) is 1.18. The van der Waals surface area contributed by atoms with E-state index < -0.39 is 0 Å². The van der Waals surface area contributed by atoms with E-state index in [1.54, 1.807) is 0 Å². The van der Waals surface area contributed by atoms with E-state index in [9.17, 15) is 0 Å². The van der Waals surface area contributed by atoms with Gasteiger partial charge in [0.2, 0.25) is 0 Å². The van der Waals surface area contributed by atoms with Crippen LogP contribution in [-0.4, -0.2) is 22.4 Å². The Morgan fingerprint density at radius 3 is 2.50 bits per heavy atom. The quantitative estimate of drug-likeness (QED) is 0.687. The van der Waals surface area contributed by atoms with Crippen molar-refractivity contribution in [2.24, 2.45) is 0 Å². The zero-order valence-corrected chi connectivity index (χ0v) is 6.95. The third-order valence-electron chi connectivity index (χ3n) is 0.885. The van der Waals surface area contributed by atoms with Gasteiger partial charge in [0.25, 0.3) is 0 Å². The van der Waals surface area contributed by atoms with Gasteiger partial charge in [0, 0.05) is 11.2 Å². The van der Waals surface area contributed by atoms with Gasteiger partial charge in [-0.3, -0.25) is 0 Å². The fraction of sp³-hybridized carbons (Fsp3) is 1.00. The molecule has 50 valence electrons. The highest BCUT2D eigenvalue weighted by molar-refractivity contribution is 9.09. The maximum Gasteiger partial charge on any atom is 0.0559 e. The van der Waals surface area contributed by atoms with Gasteiger partial charge in [-0.05, 0) is 12.8 Å². The SMILES string of the molecule is OC(CCCl)CCBr. The van der Waals surface area contributed by atoms with Crippen LogP contribution in [0, 0.1) is 0 Å². The van der Waals surface area contributed by atoms with Crippen LogP contribution in [-0.2, 0) is 0 Å². The molecule has 0 aromatic rings. The highest BCUT2D eigenvalue weighted by Crippen LogP contribution is 2.00. The van der Waals surface area contributed by atoms with Gasteiger partial charge in [-0.2, -0.15) is 0 Å².